The molecule has 0 spiro atoms. The fourth-order valence-corrected chi connectivity index (χ4v) is 2.05. The Kier molecular flexibility index (Phi) is 9.42. The minimum Gasteiger partial charge on any atom is -0.376 e. The summed E-state index contributed by atoms with van der Waals surface area (Å²) in [5.74, 6) is 0.0986. The average molecular weight is 279 g/mol. The van der Waals surface area contributed by atoms with Crippen LogP contribution in [0.2, 0.25) is 0 Å². The van der Waals surface area contributed by atoms with Gasteiger partial charge >= 0.3 is 0 Å². The summed E-state index contributed by atoms with van der Waals surface area (Å²) >= 11 is 0. The van der Waals surface area contributed by atoms with Crippen molar-refractivity contribution in [3.8, 4) is 0 Å². The first kappa shape index (κ1) is 17.7. The molecule has 0 bridgehead atoms. The van der Waals surface area contributed by atoms with Crippen LogP contribution in [0.5, 0.6) is 0 Å². The van der Waals surface area contributed by atoms with Crippen LogP contribution in [0, 0.1) is 5.92 Å². The van der Waals surface area contributed by atoms with Gasteiger partial charge < -0.3 is 15.8 Å². The molecule has 0 aromatic rings. The highest BCUT2D eigenvalue weighted by atomic mass is 35.5. The topological polar surface area (TPSA) is 64.4 Å². The normalized spacial score (nSPS) is 18.2. The van der Waals surface area contributed by atoms with Crippen LogP contribution in [0.4, 0.5) is 0 Å². The third kappa shape index (κ3) is 6.57. The SMILES string of the molecule is CC(C)[C@@H](N)C(=O)NCCOC1CCCCC1.Cl. The Balaban J connectivity index is 0.00000289. The van der Waals surface area contributed by atoms with E-state index in [9.17, 15) is 4.79 Å². The van der Waals surface area contributed by atoms with Gasteiger partial charge in [-0.15, -0.1) is 12.4 Å². The second kappa shape index (κ2) is 9.59. The van der Waals surface area contributed by atoms with Crippen molar-refractivity contribution in [2.24, 2.45) is 11.7 Å². The minimum absolute atomic E-state index is 0. The van der Waals surface area contributed by atoms with E-state index in [0.717, 1.165) is 0 Å². The summed E-state index contributed by atoms with van der Waals surface area (Å²) in [4.78, 5) is 11.5. The fourth-order valence-electron chi connectivity index (χ4n) is 2.05. The third-order valence-electron chi connectivity index (χ3n) is 3.33. The molecular weight excluding hydrogens is 252 g/mol. The van der Waals surface area contributed by atoms with Gasteiger partial charge in [0.1, 0.15) is 0 Å². The lowest BCUT2D eigenvalue weighted by molar-refractivity contribution is -0.123. The van der Waals surface area contributed by atoms with Gasteiger partial charge in [0.25, 0.3) is 0 Å². The summed E-state index contributed by atoms with van der Waals surface area (Å²) in [6, 6.07) is -0.412. The molecule has 0 aromatic carbocycles. The van der Waals surface area contributed by atoms with E-state index in [1.54, 1.807) is 0 Å². The van der Waals surface area contributed by atoms with Crippen LogP contribution < -0.4 is 11.1 Å². The van der Waals surface area contributed by atoms with Gasteiger partial charge in [0, 0.05) is 6.54 Å². The van der Waals surface area contributed by atoms with Crippen LogP contribution in [0.15, 0.2) is 0 Å². The average Bonchev–Trinajstić information content (AvgIpc) is 2.34. The first-order chi connectivity index (χ1) is 8.11. The molecule has 0 aliphatic heterocycles. The maximum Gasteiger partial charge on any atom is 0.237 e. The largest absolute Gasteiger partial charge is 0.376 e. The second-order valence-electron chi connectivity index (χ2n) is 5.19. The molecule has 1 rings (SSSR count). The van der Waals surface area contributed by atoms with Crippen LogP contribution in [0.1, 0.15) is 46.0 Å². The zero-order valence-electron chi connectivity index (χ0n) is 11.5. The van der Waals surface area contributed by atoms with E-state index >= 15 is 0 Å². The van der Waals surface area contributed by atoms with Crippen LogP contribution in [0.3, 0.4) is 0 Å². The van der Waals surface area contributed by atoms with Crippen molar-refractivity contribution >= 4 is 18.3 Å². The molecule has 0 saturated heterocycles. The van der Waals surface area contributed by atoms with E-state index in [1.807, 2.05) is 13.8 Å². The number of halogens is 1. The van der Waals surface area contributed by atoms with Crippen molar-refractivity contribution < 1.29 is 9.53 Å². The second-order valence-corrected chi connectivity index (χ2v) is 5.19. The van der Waals surface area contributed by atoms with Crippen molar-refractivity contribution in [2.75, 3.05) is 13.2 Å². The van der Waals surface area contributed by atoms with Gasteiger partial charge in [0.05, 0.1) is 18.8 Å². The van der Waals surface area contributed by atoms with Gasteiger partial charge in [0.2, 0.25) is 5.91 Å². The van der Waals surface area contributed by atoms with Gasteiger partial charge in [-0.25, -0.2) is 0 Å². The molecule has 0 unspecified atom stereocenters. The zero-order valence-corrected chi connectivity index (χ0v) is 12.3. The number of rotatable bonds is 6. The van der Waals surface area contributed by atoms with Crippen molar-refractivity contribution in [3.63, 3.8) is 0 Å². The molecular formula is C13H27ClN2O2. The molecule has 0 heterocycles. The van der Waals surface area contributed by atoms with Crippen molar-refractivity contribution in [2.45, 2.75) is 58.1 Å². The Bertz CT molecular complexity index is 231. The summed E-state index contributed by atoms with van der Waals surface area (Å²) in [7, 11) is 0. The predicted molar refractivity (Wildman–Crippen MR) is 75.9 cm³/mol. The number of ether oxygens (including phenoxy) is 1. The lowest BCUT2D eigenvalue weighted by Gasteiger charge is -2.22. The van der Waals surface area contributed by atoms with E-state index in [4.69, 9.17) is 10.5 Å². The van der Waals surface area contributed by atoms with E-state index in [1.165, 1.54) is 32.1 Å². The van der Waals surface area contributed by atoms with Gasteiger partial charge in [0.15, 0.2) is 0 Å². The highest BCUT2D eigenvalue weighted by Crippen LogP contribution is 2.19. The standard InChI is InChI=1S/C13H26N2O2.ClH/c1-10(2)12(14)13(16)15-8-9-17-11-6-4-3-5-7-11;/h10-12H,3-9,14H2,1-2H3,(H,15,16);1H/t12-;/m1./s1. The molecule has 1 aliphatic rings. The first-order valence-corrected chi connectivity index (χ1v) is 6.76. The maximum atomic E-state index is 11.5. The molecule has 0 radical (unpaired) electrons. The Hall–Kier alpha value is -0.320. The minimum atomic E-state index is -0.412. The molecule has 1 saturated carbocycles. The summed E-state index contributed by atoms with van der Waals surface area (Å²) < 4.78 is 5.72. The molecule has 18 heavy (non-hydrogen) atoms. The Morgan fingerprint density at radius 2 is 1.94 bits per heavy atom. The smallest absolute Gasteiger partial charge is 0.237 e. The number of nitrogens with two attached hydrogens (primary N) is 1. The lowest BCUT2D eigenvalue weighted by atomic mass is 9.98. The number of hydrogen-bond acceptors (Lipinski definition) is 3. The monoisotopic (exact) mass is 278 g/mol. The zero-order chi connectivity index (χ0) is 12.7. The number of carbonyl (C=O) groups excluding carboxylic acids is 1. The highest BCUT2D eigenvalue weighted by molar-refractivity contribution is 5.85. The summed E-state index contributed by atoms with van der Waals surface area (Å²) in [6.07, 6.45) is 6.61. The molecule has 1 fully saturated rings. The molecule has 1 atom stereocenters. The Morgan fingerprint density at radius 3 is 2.50 bits per heavy atom. The van der Waals surface area contributed by atoms with Crippen LogP contribution >= 0.6 is 12.4 Å². The number of nitrogens with one attached hydrogen (secondary N) is 1. The summed E-state index contributed by atoms with van der Waals surface area (Å²) in [6.45, 7) is 5.06. The molecule has 108 valence electrons. The van der Waals surface area contributed by atoms with Crippen LogP contribution in [-0.4, -0.2) is 31.2 Å². The first-order valence-electron chi connectivity index (χ1n) is 6.76. The fraction of sp³-hybridized carbons (Fsp3) is 0.923. The van der Waals surface area contributed by atoms with E-state index in [2.05, 4.69) is 5.32 Å². The third-order valence-corrected chi connectivity index (χ3v) is 3.33. The molecule has 0 aromatic heterocycles. The maximum absolute atomic E-state index is 11.5. The molecule has 1 amide bonds. The van der Waals surface area contributed by atoms with Crippen LogP contribution in [-0.2, 0) is 9.53 Å². The summed E-state index contributed by atoms with van der Waals surface area (Å²) in [5.41, 5.74) is 5.73. The Labute approximate surface area is 116 Å². The van der Waals surface area contributed by atoms with Crippen molar-refractivity contribution in [3.05, 3.63) is 0 Å². The quantitative estimate of drug-likeness (QED) is 0.729. The number of carbonyl (C=O) groups is 1. The van der Waals surface area contributed by atoms with Crippen molar-refractivity contribution in [1.29, 1.82) is 0 Å². The predicted octanol–water partition coefficient (Wildman–Crippen LogP) is 1.86. The summed E-state index contributed by atoms with van der Waals surface area (Å²) in [5, 5.41) is 2.81. The van der Waals surface area contributed by atoms with Gasteiger partial charge in [-0.2, -0.15) is 0 Å². The van der Waals surface area contributed by atoms with Gasteiger partial charge in [-0.3, -0.25) is 4.79 Å². The molecule has 1 aliphatic carbocycles. The lowest BCUT2D eigenvalue weighted by Crippen LogP contribution is -2.45. The van der Waals surface area contributed by atoms with E-state index < -0.39 is 6.04 Å². The molecule has 3 N–H and O–H groups in total. The van der Waals surface area contributed by atoms with E-state index in [-0.39, 0.29) is 24.2 Å². The van der Waals surface area contributed by atoms with E-state index in [0.29, 0.717) is 19.3 Å². The van der Waals surface area contributed by atoms with Crippen LogP contribution in [0.25, 0.3) is 0 Å². The van der Waals surface area contributed by atoms with Gasteiger partial charge in [-0.05, 0) is 18.8 Å². The Morgan fingerprint density at radius 1 is 1.33 bits per heavy atom. The van der Waals surface area contributed by atoms with Gasteiger partial charge in [-0.1, -0.05) is 33.1 Å². The number of hydrogen-bond donors (Lipinski definition) is 2. The number of amides is 1. The highest BCUT2D eigenvalue weighted by Gasteiger charge is 2.17. The van der Waals surface area contributed by atoms with Crippen molar-refractivity contribution in [1.82, 2.24) is 5.32 Å². The molecule has 5 heteroatoms. The molecule has 4 nitrogen and oxygen atoms in total.